The number of nitrogens with zero attached hydrogens (tertiary/aromatic N) is 1. The Morgan fingerprint density at radius 1 is 1.62 bits per heavy atom. The van der Waals surface area contributed by atoms with E-state index in [-0.39, 0.29) is 0 Å². The summed E-state index contributed by atoms with van der Waals surface area (Å²) in [6, 6.07) is 0.599. The monoisotopic (exact) mass is 214 g/mol. The van der Waals surface area contributed by atoms with Crippen LogP contribution in [0.15, 0.2) is 6.20 Å². The number of H-pyrrole nitrogens is 1. The molecule has 1 aromatic heterocycles. The predicted molar refractivity (Wildman–Crippen MR) is 59.9 cm³/mol. The van der Waals surface area contributed by atoms with Gasteiger partial charge in [-0.1, -0.05) is 6.92 Å². The first-order chi connectivity index (χ1) is 6.18. The van der Waals surface area contributed by atoms with Crippen molar-refractivity contribution in [3.8, 4) is 0 Å². The fraction of sp³-hybridized carbons (Fsp3) is 0.667. The summed E-state index contributed by atoms with van der Waals surface area (Å²) in [5, 5.41) is 0. The van der Waals surface area contributed by atoms with Crippen LogP contribution in [-0.2, 0) is 0 Å². The van der Waals surface area contributed by atoms with E-state index in [1.807, 2.05) is 11.8 Å². The van der Waals surface area contributed by atoms with Crippen LogP contribution in [-0.4, -0.2) is 21.1 Å². The average molecular weight is 214 g/mol. The Balaban J connectivity index is 2.34. The second kappa shape index (κ2) is 3.50. The third-order valence-electron chi connectivity index (χ3n) is 2.55. The lowest BCUT2D eigenvalue weighted by atomic mass is 10.1. The minimum absolute atomic E-state index is 0.599. The number of rotatable bonds is 1. The topological polar surface area (TPSA) is 20.7 Å². The summed E-state index contributed by atoms with van der Waals surface area (Å²) in [6.07, 6.45) is 2.13. The molecule has 1 N–H and O–H groups in total. The van der Waals surface area contributed by atoms with Crippen molar-refractivity contribution in [1.82, 2.24) is 9.55 Å². The molecule has 0 aliphatic carbocycles. The molecule has 0 bridgehead atoms. The van der Waals surface area contributed by atoms with Gasteiger partial charge in [0.2, 0.25) is 0 Å². The van der Waals surface area contributed by atoms with E-state index in [0.29, 0.717) is 6.04 Å². The van der Waals surface area contributed by atoms with Gasteiger partial charge in [-0.05, 0) is 30.8 Å². The largest absolute Gasteiger partial charge is 0.335 e. The maximum absolute atomic E-state index is 5.26. The molecule has 2 nitrogen and oxygen atoms in total. The lowest BCUT2D eigenvalue weighted by molar-refractivity contribution is 0.434. The molecule has 1 aliphatic heterocycles. The van der Waals surface area contributed by atoms with E-state index in [2.05, 4.69) is 29.6 Å². The van der Waals surface area contributed by atoms with Crippen LogP contribution in [0.25, 0.3) is 0 Å². The minimum atomic E-state index is 0.599. The lowest BCUT2D eigenvalue weighted by Crippen LogP contribution is -2.14. The maximum atomic E-state index is 5.26. The summed E-state index contributed by atoms with van der Waals surface area (Å²) < 4.78 is 3.09. The van der Waals surface area contributed by atoms with Crippen LogP contribution in [0.1, 0.15) is 18.7 Å². The third kappa shape index (κ3) is 1.70. The van der Waals surface area contributed by atoms with Crippen molar-refractivity contribution in [2.75, 3.05) is 11.5 Å². The van der Waals surface area contributed by atoms with E-state index < -0.39 is 0 Å². The van der Waals surface area contributed by atoms with Gasteiger partial charge in [0.25, 0.3) is 0 Å². The van der Waals surface area contributed by atoms with Gasteiger partial charge in [-0.25, -0.2) is 0 Å². The van der Waals surface area contributed by atoms with Gasteiger partial charge in [-0.3, -0.25) is 0 Å². The molecule has 72 valence electrons. The number of thioether (sulfide) groups is 1. The van der Waals surface area contributed by atoms with Crippen LogP contribution >= 0.6 is 24.0 Å². The normalized spacial score (nSPS) is 28.2. The molecule has 0 aromatic carbocycles. The first-order valence-electron chi connectivity index (χ1n) is 4.54. The Hall–Kier alpha value is -0.220. The fourth-order valence-electron chi connectivity index (χ4n) is 1.78. The zero-order valence-corrected chi connectivity index (χ0v) is 9.54. The van der Waals surface area contributed by atoms with Crippen LogP contribution in [0.2, 0.25) is 0 Å². The van der Waals surface area contributed by atoms with Gasteiger partial charge in [-0.15, -0.1) is 0 Å². The molecule has 2 atom stereocenters. The van der Waals surface area contributed by atoms with Gasteiger partial charge in [-0.2, -0.15) is 11.8 Å². The van der Waals surface area contributed by atoms with Gasteiger partial charge in [0, 0.05) is 23.7 Å². The zero-order valence-electron chi connectivity index (χ0n) is 7.91. The van der Waals surface area contributed by atoms with Crippen molar-refractivity contribution in [2.24, 2.45) is 5.92 Å². The molecule has 0 radical (unpaired) electrons. The molecule has 1 aliphatic rings. The predicted octanol–water partition coefficient (Wildman–Crippen LogP) is 2.78. The smallest absolute Gasteiger partial charge is 0.177 e. The molecule has 13 heavy (non-hydrogen) atoms. The van der Waals surface area contributed by atoms with Crippen LogP contribution in [0.3, 0.4) is 0 Å². The highest BCUT2D eigenvalue weighted by molar-refractivity contribution is 7.99. The highest BCUT2D eigenvalue weighted by Gasteiger charge is 2.25. The van der Waals surface area contributed by atoms with E-state index in [1.54, 1.807) is 0 Å². The Morgan fingerprint density at radius 3 is 2.85 bits per heavy atom. The van der Waals surface area contributed by atoms with Gasteiger partial charge < -0.3 is 9.55 Å². The molecular formula is C9H14N2S2. The fourth-order valence-corrected chi connectivity index (χ4v) is 3.59. The first-order valence-corrected chi connectivity index (χ1v) is 6.10. The van der Waals surface area contributed by atoms with Crippen molar-refractivity contribution in [3.63, 3.8) is 0 Å². The summed E-state index contributed by atoms with van der Waals surface area (Å²) in [6.45, 7) is 4.35. The number of aromatic amines is 1. The van der Waals surface area contributed by atoms with Crippen LogP contribution in [0, 0.1) is 17.6 Å². The van der Waals surface area contributed by atoms with Crippen molar-refractivity contribution < 1.29 is 0 Å². The molecule has 1 saturated heterocycles. The standard InChI is InChI=1S/C9H14N2S2/c1-6-4-13-5-8(6)11-3-7(2)10-9(11)12/h3,6,8H,4-5H2,1-2H3,(H,10,12). The molecule has 0 saturated carbocycles. The molecule has 2 heterocycles. The third-order valence-corrected chi connectivity index (χ3v) is 4.21. The van der Waals surface area contributed by atoms with E-state index in [4.69, 9.17) is 12.2 Å². The Morgan fingerprint density at radius 2 is 2.38 bits per heavy atom. The molecular weight excluding hydrogens is 200 g/mol. The summed E-state index contributed by atoms with van der Waals surface area (Å²) in [7, 11) is 0. The summed E-state index contributed by atoms with van der Waals surface area (Å²) in [4.78, 5) is 3.17. The quantitative estimate of drug-likeness (QED) is 0.726. The van der Waals surface area contributed by atoms with E-state index in [0.717, 1.165) is 16.4 Å². The number of nitrogens with one attached hydrogen (secondary N) is 1. The number of aromatic nitrogens is 2. The summed E-state index contributed by atoms with van der Waals surface area (Å²) in [5.74, 6) is 3.20. The molecule has 0 spiro atoms. The van der Waals surface area contributed by atoms with Crippen LogP contribution in [0.5, 0.6) is 0 Å². The van der Waals surface area contributed by atoms with E-state index >= 15 is 0 Å². The number of aryl methyl sites for hydroxylation is 1. The number of hydrogen-bond donors (Lipinski definition) is 1. The van der Waals surface area contributed by atoms with E-state index in [1.165, 1.54) is 11.5 Å². The molecule has 2 unspecified atom stereocenters. The van der Waals surface area contributed by atoms with Gasteiger partial charge >= 0.3 is 0 Å². The number of hydrogen-bond acceptors (Lipinski definition) is 2. The van der Waals surface area contributed by atoms with Crippen LogP contribution in [0.4, 0.5) is 0 Å². The van der Waals surface area contributed by atoms with Crippen molar-refractivity contribution >= 4 is 24.0 Å². The van der Waals surface area contributed by atoms with E-state index in [9.17, 15) is 0 Å². The van der Waals surface area contributed by atoms with Gasteiger partial charge in [0.1, 0.15) is 0 Å². The Kier molecular flexibility index (Phi) is 2.51. The number of imidazole rings is 1. The summed E-state index contributed by atoms with van der Waals surface area (Å²) in [5.41, 5.74) is 1.16. The summed E-state index contributed by atoms with van der Waals surface area (Å²) >= 11 is 7.28. The highest BCUT2D eigenvalue weighted by atomic mass is 32.2. The molecule has 2 rings (SSSR count). The molecule has 0 amide bonds. The Labute approximate surface area is 87.7 Å². The minimum Gasteiger partial charge on any atom is -0.335 e. The lowest BCUT2D eigenvalue weighted by Gasteiger charge is -2.15. The van der Waals surface area contributed by atoms with Gasteiger partial charge in [0.05, 0.1) is 0 Å². The highest BCUT2D eigenvalue weighted by Crippen LogP contribution is 2.33. The molecule has 4 heteroatoms. The molecule has 1 aromatic rings. The zero-order chi connectivity index (χ0) is 9.42. The molecule has 1 fully saturated rings. The van der Waals surface area contributed by atoms with Crippen molar-refractivity contribution in [2.45, 2.75) is 19.9 Å². The average Bonchev–Trinajstić information content (AvgIpc) is 2.58. The van der Waals surface area contributed by atoms with Crippen molar-refractivity contribution in [1.29, 1.82) is 0 Å². The second-order valence-corrected chi connectivity index (χ2v) is 5.19. The van der Waals surface area contributed by atoms with Gasteiger partial charge in [0.15, 0.2) is 4.77 Å². The van der Waals surface area contributed by atoms with Crippen molar-refractivity contribution in [3.05, 3.63) is 16.7 Å². The van der Waals surface area contributed by atoms with Crippen LogP contribution < -0.4 is 0 Å². The second-order valence-electron chi connectivity index (χ2n) is 3.73. The maximum Gasteiger partial charge on any atom is 0.177 e. The SMILES string of the molecule is Cc1cn(C2CSCC2C)c(=S)[nH]1. The first kappa shape index (κ1) is 9.34. The Bertz CT molecular complexity index is 353.